The molecule has 0 unspecified atom stereocenters. The number of hydrogen-bond donors (Lipinski definition) is 0. The van der Waals surface area contributed by atoms with Gasteiger partial charge in [0.2, 0.25) is 0 Å². The van der Waals surface area contributed by atoms with E-state index in [0.29, 0.717) is 11.0 Å². The lowest BCUT2D eigenvalue weighted by Crippen LogP contribution is -2.04. The molecule has 0 bridgehead atoms. The van der Waals surface area contributed by atoms with Crippen LogP contribution in [-0.2, 0) is 9.47 Å². The smallest absolute Gasteiger partial charge is 0.433 e. The number of halogens is 1. The second kappa shape index (κ2) is 8.65. The lowest BCUT2D eigenvalue weighted by atomic mass is 10.4. The molecule has 68 valence electrons. The Hall–Kier alpha value is -0.440. The number of carbonyl (C=O) groups excluding carboxylic acids is 1. The van der Waals surface area contributed by atoms with Crippen LogP contribution in [0.5, 0.6) is 0 Å². The maximum atomic E-state index is 10.6. The second-order valence-corrected chi connectivity index (χ2v) is 2.73. The van der Waals surface area contributed by atoms with E-state index in [4.69, 9.17) is 0 Å². The van der Waals surface area contributed by atoms with E-state index in [2.05, 4.69) is 44.1 Å². The van der Waals surface area contributed by atoms with Gasteiger partial charge in [-0.25, -0.2) is 4.79 Å². The largest absolute Gasteiger partial charge is 0.522 e. The average Bonchev–Trinajstić information content (AvgIpc) is 2.06. The first-order chi connectivity index (χ1) is 5.81. The van der Waals surface area contributed by atoms with Crippen LogP contribution in [0.3, 0.4) is 0 Å². The van der Waals surface area contributed by atoms with Crippen molar-refractivity contribution in [2.75, 3.05) is 11.0 Å². The van der Waals surface area contributed by atoms with Crippen LogP contribution in [0.1, 0.15) is 19.8 Å². The third-order valence-corrected chi connectivity index (χ3v) is 1.37. The molecule has 0 aliphatic rings. The molecule has 3 nitrogen and oxygen atoms in total. The zero-order valence-corrected chi connectivity index (χ0v) is 9.09. The van der Waals surface area contributed by atoms with Gasteiger partial charge in [-0.3, -0.25) is 0 Å². The second-order valence-electron chi connectivity index (χ2n) is 1.97. The van der Waals surface area contributed by atoms with Gasteiger partial charge < -0.3 is 9.47 Å². The molecule has 0 aromatic carbocycles. The van der Waals surface area contributed by atoms with Crippen molar-refractivity contribution < 1.29 is 14.3 Å². The number of alkyl halides is 1. The fraction of sp³-hybridized carbons (Fsp3) is 0.625. The molecule has 0 N–H and O–H groups in total. The molecule has 0 heterocycles. The van der Waals surface area contributed by atoms with Gasteiger partial charge in [-0.2, -0.15) is 0 Å². The third-order valence-electron chi connectivity index (χ3n) is 0.991. The summed E-state index contributed by atoms with van der Waals surface area (Å²) in [5.41, 5.74) is 0. The Bertz CT molecular complexity index is 180. The number of carbonyl (C=O) groups is 1. The van der Waals surface area contributed by atoms with Gasteiger partial charge in [-0.1, -0.05) is 35.9 Å². The van der Waals surface area contributed by atoms with E-state index in [1.165, 1.54) is 0 Å². The van der Waals surface area contributed by atoms with Crippen molar-refractivity contribution in [3.05, 3.63) is 0 Å². The molecule has 0 amide bonds. The van der Waals surface area contributed by atoms with Gasteiger partial charge in [0.05, 0.1) is 11.0 Å². The SMILES string of the molecule is CCCCOC(=O)OC#CCI. The van der Waals surface area contributed by atoms with E-state index in [1.54, 1.807) is 0 Å². The minimum absolute atomic E-state index is 0.404. The third kappa shape index (κ3) is 7.66. The van der Waals surface area contributed by atoms with E-state index in [-0.39, 0.29) is 0 Å². The summed E-state index contributed by atoms with van der Waals surface area (Å²) < 4.78 is 9.70. The summed E-state index contributed by atoms with van der Waals surface area (Å²) in [6.45, 7) is 2.42. The standard InChI is InChI=1S/C8H11IO3/c1-2-3-6-11-8(10)12-7-4-5-9/h2-3,5-6H2,1H3. The van der Waals surface area contributed by atoms with Gasteiger partial charge >= 0.3 is 6.16 Å². The Morgan fingerprint density at radius 2 is 2.33 bits per heavy atom. The van der Waals surface area contributed by atoms with Crippen LogP contribution < -0.4 is 0 Å². The topological polar surface area (TPSA) is 35.5 Å². The molecule has 0 radical (unpaired) electrons. The molecule has 0 spiro atoms. The van der Waals surface area contributed by atoms with Crippen molar-refractivity contribution in [1.29, 1.82) is 0 Å². The molecule has 12 heavy (non-hydrogen) atoms. The zero-order chi connectivity index (χ0) is 9.23. The van der Waals surface area contributed by atoms with Crippen LogP contribution in [0.25, 0.3) is 0 Å². The normalized spacial score (nSPS) is 8.17. The molecule has 0 saturated carbocycles. The summed E-state index contributed by atoms with van der Waals surface area (Å²) >= 11 is 2.06. The molecule has 0 saturated heterocycles. The van der Waals surface area contributed by atoms with Crippen molar-refractivity contribution in [1.82, 2.24) is 0 Å². The first-order valence-corrected chi connectivity index (χ1v) is 5.21. The molecule has 0 aromatic heterocycles. The van der Waals surface area contributed by atoms with Crippen LogP contribution >= 0.6 is 22.6 Å². The van der Waals surface area contributed by atoms with Crippen LogP contribution in [-0.4, -0.2) is 17.2 Å². The Balaban J connectivity index is 3.34. The Labute approximate surface area is 85.9 Å². The number of ether oxygens (including phenoxy) is 2. The molecule has 0 atom stereocenters. The lowest BCUT2D eigenvalue weighted by Gasteiger charge is -1.98. The van der Waals surface area contributed by atoms with Crippen LogP contribution in [0.15, 0.2) is 0 Å². The predicted molar refractivity (Wildman–Crippen MR) is 54.0 cm³/mol. The molecular weight excluding hydrogens is 271 g/mol. The molecule has 0 fully saturated rings. The van der Waals surface area contributed by atoms with Crippen LogP contribution in [0.4, 0.5) is 4.79 Å². The van der Waals surface area contributed by atoms with E-state index in [0.717, 1.165) is 12.8 Å². The predicted octanol–water partition coefficient (Wildman–Crippen LogP) is 2.34. The highest BCUT2D eigenvalue weighted by atomic mass is 127. The molecular formula is C8H11IO3. The van der Waals surface area contributed by atoms with Crippen molar-refractivity contribution in [3.8, 4) is 12.0 Å². The maximum absolute atomic E-state index is 10.6. The summed E-state index contributed by atoms with van der Waals surface area (Å²) in [6, 6.07) is 0. The summed E-state index contributed by atoms with van der Waals surface area (Å²) in [7, 11) is 0. The summed E-state index contributed by atoms with van der Waals surface area (Å²) in [6.07, 6.45) is 3.37. The highest BCUT2D eigenvalue weighted by molar-refractivity contribution is 14.1. The molecule has 0 aromatic rings. The van der Waals surface area contributed by atoms with Gasteiger partial charge in [0.1, 0.15) is 6.11 Å². The Morgan fingerprint density at radius 3 is 2.92 bits per heavy atom. The van der Waals surface area contributed by atoms with Gasteiger partial charge in [0, 0.05) is 0 Å². The van der Waals surface area contributed by atoms with E-state index >= 15 is 0 Å². The van der Waals surface area contributed by atoms with Gasteiger partial charge in [-0.05, 0) is 12.3 Å². The average molecular weight is 282 g/mol. The minimum atomic E-state index is -0.708. The van der Waals surface area contributed by atoms with Crippen molar-refractivity contribution in [3.63, 3.8) is 0 Å². The van der Waals surface area contributed by atoms with E-state index in [1.807, 2.05) is 6.92 Å². The lowest BCUT2D eigenvalue weighted by molar-refractivity contribution is 0.0891. The van der Waals surface area contributed by atoms with Crippen molar-refractivity contribution in [2.24, 2.45) is 0 Å². The highest BCUT2D eigenvalue weighted by Gasteiger charge is 1.99. The van der Waals surface area contributed by atoms with Crippen molar-refractivity contribution >= 4 is 28.7 Å². The fourth-order valence-corrected chi connectivity index (χ4v) is 0.590. The zero-order valence-electron chi connectivity index (χ0n) is 6.93. The molecule has 0 aliphatic carbocycles. The van der Waals surface area contributed by atoms with Gasteiger partial charge in [-0.15, -0.1) is 0 Å². The minimum Gasteiger partial charge on any atom is -0.433 e. The molecule has 0 aliphatic heterocycles. The van der Waals surface area contributed by atoms with E-state index in [9.17, 15) is 4.79 Å². The summed E-state index contributed by atoms with van der Waals surface area (Å²) in [5, 5.41) is 0. The number of hydrogen-bond acceptors (Lipinski definition) is 3. The fourth-order valence-electron chi connectivity index (χ4n) is 0.434. The van der Waals surface area contributed by atoms with Crippen LogP contribution in [0.2, 0.25) is 0 Å². The van der Waals surface area contributed by atoms with Gasteiger partial charge in [0.15, 0.2) is 0 Å². The number of unbranched alkanes of at least 4 members (excludes halogenated alkanes) is 1. The molecule has 4 heteroatoms. The summed E-state index contributed by atoms with van der Waals surface area (Å²) in [5.74, 6) is 2.58. The molecule has 0 rings (SSSR count). The summed E-state index contributed by atoms with van der Waals surface area (Å²) in [4.78, 5) is 10.6. The number of rotatable bonds is 3. The van der Waals surface area contributed by atoms with E-state index < -0.39 is 6.16 Å². The Kier molecular flexibility index (Phi) is 8.34. The van der Waals surface area contributed by atoms with Crippen LogP contribution in [0, 0.1) is 12.0 Å². The maximum Gasteiger partial charge on any atom is 0.522 e. The first kappa shape index (κ1) is 11.6. The Morgan fingerprint density at radius 1 is 1.58 bits per heavy atom. The highest BCUT2D eigenvalue weighted by Crippen LogP contribution is 1.90. The van der Waals surface area contributed by atoms with Crippen molar-refractivity contribution in [2.45, 2.75) is 19.8 Å². The monoisotopic (exact) mass is 282 g/mol. The van der Waals surface area contributed by atoms with Gasteiger partial charge in [0.25, 0.3) is 0 Å². The first-order valence-electron chi connectivity index (χ1n) is 3.68. The quantitative estimate of drug-likeness (QED) is 0.262.